The highest BCUT2D eigenvalue weighted by atomic mass is 16.6. The topological polar surface area (TPSA) is 73.8 Å². The molecular weight excluding hydrogens is 334 g/mol. The number of carbonyl (C=O) groups excluding carboxylic acids is 1. The Morgan fingerprint density at radius 1 is 1.19 bits per heavy atom. The second kappa shape index (κ2) is 7.70. The summed E-state index contributed by atoms with van der Waals surface area (Å²) >= 11 is 0. The predicted octanol–water partition coefficient (Wildman–Crippen LogP) is 1.72. The van der Waals surface area contributed by atoms with Crippen molar-refractivity contribution in [2.24, 2.45) is 0 Å². The third kappa shape index (κ3) is 3.62. The van der Waals surface area contributed by atoms with Gasteiger partial charge in [-0.3, -0.25) is 4.79 Å². The van der Waals surface area contributed by atoms with Crippen LogP contribution in [0.5, 0.6) is 11.5 Å². The number of aromatic nitrogens is 2. The molecule has 1 aromatic carbocycles. The van der Waals surface area contributed by atoms with Gasteiger partial charge in [-0.1, -0.05) is 6.07 Å². The lowest BCUT2D eigenvalue weighted by molar-refractivity contribution is -0.0248. The van der Waals surface area contributed by atoms with Crippen molar-refractivity contribution in [1.29, 1.82) is 0 Å². The Bertz CT molecular complexity index is 769. The maximum absolute atomic E-state index is 13.0. The van der Waals surface area contributed by atoms with E-state index in [9.17, 15) is 4.79 Å². The van der Waals surface area contributed by atoms with Crippen molar-refractivity contribution in [3.63, 3.8) is 0 Å². The van der Waals surface area contributed by atoms with Crippen molar-refractivity contribution in [2.45, 2.75) is 18.9 Å². The van der Waals surface area contributed by atoms with E-state index >= 15 is 0 Å². The van der Waals surface area contributed by atoms with Crippen LogP contribution < -0.4 is 9.47 Å². The number of morpholine rings is 1. The Labute approximate surface area is 151 Å². The lowest BCUT2D eigenvalue weighted by Gasteiger charge is -2.33. The molecule has 1 atom stereocenters. The summed E-state index contributed by atoms with van der Waals surface area (Å²) in [5.41, 5.74) is 1.54. The monoisotopic (exact) mass is 355 g/mol. The molecule has 1 fully saturated rings. The van der Waals surface area contributed by atoms with Gasteiger partial charge in [-0.15, -0.1) is 0 Å². The quantitative estimate of drug-likeness (QED) is 0.831. The van der Waals surface area contributed by atoms with E-state index in [1.54, 1.807) is 18.6 Å². The fourth-order valence-corrected chi connectivity index (χ4v) is 3.27. The molecule has 2 aromatic rings. The molecule has 1 aromatic heterocycles. The van der Waals surface area contributed by atoms with E-state index in [0.717, 1.165) is 18.5 Å². The SMILES string of the molecule is O=C(c1cccc2c1OCCO2)N1CCO[C@@H](CCc2ccncn2)C1. The molecule has 3 heterocycles. The number of aryl methyl sites for hydroxylation is 1. The maximum atomic E-state index is 13.0. The van der Waals surface area contributed by atoms with Crippen LogP contribution in [0, 0.1) is 0 Å². The highest BCUT2D eigenvalue weighted by Gasteiger charge is 2.28. The first-order valence-corrected chi connectivity index (χ1v) is 8.85. The van der Waals surface area contributed by atoms with Gasteiger partial charge in [-0.05, 0) is 31.0 Å². The Balaban J connectivity index is 1.42. The molecule has 4 rings (SSSR count). The van der Waals surface area contributed by atoms with Crippen molar-refractivity contribution < 1.29 is 19.0 Å². The average Bonchev–Trinajstić information content (AvgIpc) is 2.72. The Morgan fingerprint density at radius 2 is 2.12 bits per heavy atom. The number of carbonyl (C=O) groups is 1. The van der Waals surface area contributed by atoms with E-state index in [1.807, 2.05) is 23.1 Å². The van der Waals surface area contributed by atoms with Crippen LogP contribution in [0.25, 0.3) is 0 Å². The van der Waals surface area contributed by atoms with Gasteiger partial charge in [0.15, 0.2) is 11.5 Å². The zero-order chi connectivity index (χ0) is 17.8. The number of amides is 1. The number of rotatable bonds is 4. The summed E-state index contributed by atoms with van der Waals surface area (Å²) in [5.74, 6) is 1.14. The third-order valence-corrected chi connectivity index (χ3v) is 4.59. The van der Waals surface area contributed by atoms with E-state index in [2.05, 4.69) is 9.97 Å². The lowest BCUT2D eigenvalue weighted by Crippen LogP contribution is -2.46. The molecule has 0 unspecified atom stereocenters. The van der Waals surface area contributed by atoms with E-state index in [1.165, 1.54) is 0 Å². The summed E-state index contributed by atoms with van der Waals surface area (Å²) < 4.78 is 17.1. The van der Waals surface area contributed by atoms with Crippen LogP contribution in [0.2, 0.25) is 0 Å². The standard InChI is InChI=1S/C19H21N3O4/c23-19(16-2-1-3-17-18(16)26-11-10-25-17)22-8-9-24-15(12-22)5-4-14-6-7-20-13-21-14/h1-3,6-7,13,15H,4-5,8-12H2/t15-/m0/s1. The molecule has 0 spiro atoms. The molecule has 1 amide bonds. The Hall–Kier alpha value is -2.67. The minimum Gasteiger partial charge on any atom is -0.486 e. The molecule has 2 aliphatic rings. The maximum Gasteiger partial charge on any atom is 0.257 e. The van der Waals surface area contributed by atoms with Crippen molar-refractivity contribution in [1.82, 2.24) is 14.9 Å². The molecule has 0 bridgehead atoms. The largest absolute Gasteiger partial charge is 0.486 e. The van der Waals surface area contributed by atoms with Gasteiger partial charge in [0.1, 0.15) is 19.5 Å². The van der Waals surface area contributed by atoms with Crippen molar-refractivity contribution in [3.8, 4) is 11.5 Å². The Kier molecular flexibility index (Phi) is 4.97. The van der Waals surface area contributed by atoms with Crippen LogP contribution in [-0.2, 0) is 11.2 Å². The van der Waals surface area contributed by atoms with Gasteiger partial charge in [-0.2, -0.15) is 0 Å². The fraction of sp³-hybridized carbons (Fsp3) is 0.421. The fourth-order valence-electron chi connectivity index (χ4n) is 3.27. The first-order chi connectivity index (χ1) is 12.8. The van der Waals surface area contributed by atoms with E-state index in [0.29, 0.717) is 50.0 Å². The number of hydrogen-bond acceptors (Lipinski definition) is 6. The van der Waals surface area contributed by atoms with Gasteiger partial charge in [0.05, 0.1) is 18.3 Å². The van der Waals surface area contributed by atoms with Crippen LogP contribution in [-0.4, -0.2) is 59.8 Å². The van der Waals surface area contributed by atoms with Gasteiger partial charge in [0, 0.05) is 25.0 Å². The normalized spacial score (nSPS) is 19.2. The highest BCUT2D eigenvalue weighted by Crippen LogP contribution is 2.34. The minimum atomic E-state index is -0.0392. The number of fused-ring (bicyclic) bond motifs is 1. The summed E-state index contributed by atoms with van der Waals surface area (Å²) in [6.45, 7) is 2.64. The van der Waals surface area contributed by atoms with Crippen LogP contribution in [0.15, 0.2) is 36.8 Å². The third-order valence-electron chi connectivity index (χ3n) is 4.59. The zero-order valence-electron chi connectivity index (χ0n) is 14.5. The van der Waals surface area contributed by atoms with Gasteiger partial charge in [-0.25, -0.2) is 9.97 Å². The summed E-state index contributed by atoms with van der Waals surface area (Å²) in [7, 11) is 0. The van der Waals surface area contributed by atoms with Crippen LogP contribution in [0.4, 0.5) is 0 Å². The lowest BCUT2D eigenvalue weighted by atomic mass is 10.1. The Morgan fingerprint density at radius 3 is 3.00 bits per heavy atom. The van der Waals surface area contributed by atoms with E-state index < -0.39 is 0 Å². The second-order valence-electron chi connectivity index (χ2n) is 6.31. The number of hydrogen-bond donors (Lipinski definition) is 0. The molecule has 1 saturated heterocycles. The van der Waals surface area contributed by atoms with Gasteiger partial charge < -0.3 is 19.1 Å². The number of para-hydroxylation sites is 1. The van der Waals surface area contributed by atoms with Crippen molar-refractivity contribution >= 4 is 5.91 Å². The first kappa shape index (κ1) is 16.8. The van der Waals surface area contributed by atoms with Gasteiger partial charge in [0.25, 0.3) is 5.91 Å². The highest BCUT2D eigenvalue weighted by molar-refractivity contribution is 5.98. The summed E-state index contributed by atoms with van der Waals surface area (Å²) in [5, 5.41) is 0. The summed E-state index contributed by atoms with van der Waals surface area (Å²) in [4.78, 5) is 23.0. The minimum absolute atomic E-state index is 0.000581. The molecular formula is C19H21N3O4. The zero-order valence-corrected chi connectivity index (χ0v) is 14.5. The summed E-state index contributed by atoms with van der Waals surface area (Å²) in [6, 6.07) is 7.35. The summed E-state index contributed by atoms with van der Waals surface area (Å²) in [6.07, 6.45) is 4.90. The predicted molar refractivity (Wildman–Crippen MR) is 93.4 cm³/mol. The van der Waals surface area contributed by atoms with Crippen molar-refractivity contribution in [2.75, 3.05) is 32.9 Å². The van der Waals surface area contributed by atoms with Crippen LogP contribution in [0.1, 0.15) is 22.5 Å². The molecule has 0 aliphatic carbocycles. The molecule has 7 heteroatoms. The van der Waals surface area contributed by atoms with E-state index in [-0.39, 0.29) is 12.0 Å². The molecule has 0 N–H and O–H groups in total. The van der Waals surface area contributed by atoms with E-state index in [4.69, 9.17) is 14.2 Å². The molecule has 0 radical (unpaired) electrons. The van der Waals surface area contributed by atoms with Crippen LogP contribution >= 0.6 is 0 Å². The molecule has 136 valence electrons. The average molecular weight is 355 g/mol. The molecule has 0 saturated carbocycles. The second-order valence-corrected chi connectivity index (χ2v) is 6.31. The van der Waals surface area contributed by atoms with Gasteiger partial charge >= 0.3 is 0 Å². The number of nitrogens with zero attached hydrogens (tertiary/aromatic N) is 3. The van der Waals surface area contributed by atoms with Gasteiger partial charge in [0.2, 0.25) is 0 Å². The van der Waals surface area contributed by atoms with Crippen LogP contribution in [0.3, 0.4) is 0 Å². The molecule has 7 nitrogen and oxygen atoms in total. The molecule has 2 aliphatic heterocycles. The molecule has 26 heavy (non-hydrogen) atoms. The smallest absolute Gasteiger partial charge is 0.257 e. The number of ether oxygens (including phenoxy) is 3. The first-order valence-electron chi connectivity index (χ1n) is 8.85. The number of benzene rings is 1. The van der Waals surface area contributed by atoms with Crippen molar-refractivity contribution in [3.05, 3.63) is 48.0 Å².